The Hall–Kier alpha value is -0.0800. The SMILES string of the molecule is CCNCCCCC(C)(C)OC. The summed E-state index contributed by atoms with van der Waals surface area (Å²) < 4.78 is 5.32. The second-order valence-electron chi connectivity index (χ2n) is 3.77. The van der Waals surface area contributed by atoms with Crippen molar-refractivity contribution in [3.8, 4) is 0 Å². The van der Waals surface area contributed by atoms with Gasteiger partial charge in [-0.2, -0.15) is 0 Å². The van der Waals surface area contributed by atoms with Crippen LogP contribution < -0.4 is 5.32 Å². The standard InChI is InChI=1S/C10H23NO/c1-5-11-9-7-6-8-10(2,3)12-4/h11H,5-9H2,1-4H3. The molecule has 0 aromatic rings. The van der Waals surface area contributed by atoms with Crippen molar-refractivity contribution in [3.63, 3.8) is 0 Å². The predicted molar refractivity (Wildman–Crippen MR) is 53.5 cm³/mol. The fourth-order valence-corrected chi connectivity index (χ4v) is 1.08. The molecule has 0 aromatic carbocycles. The Bertz CT molecular complexity index is 102. The van der Waals surface area contributed by atoms with Gasteiger partial charge in [0.2, 0.25) is 0 Å². The van der Waals surface area contributed by atoms with Gasteiger partial charge in [0.25, 0.3) is 0 Å². The highest BCUT2D eigenvalue weighted by Gasteiger charge is 2.14. The first kappa shape index (κ1) is 11.9. The van der Waals surface area contributed by atoms with Crippen LogP contribution >= 0.6 is 0 Å². The van der Waals surface area contributed by atoms with Gasteiger partial charge in [0.05, 0.1) is 5.60 Å². The first-order valence-corrected chi connectivity index (χ1v) is 4.88. The van der Waals surface area contributed by atoms with Gasteiger partial charge >= 0.3 is 0 Å². The van der Waals surface area contributed by atoms with Crippen molar-refractivity contribution < 1.29 is 4.74 Å². The van der Waals surface area contributed by atoms with Crippen LogP contribution in [0, 0.1) is 0 Å². The molecule has 12 heavy (non-hydrogen) atoms. The fraction of sp³-hybridized carbons (Fsp3) is 1.00. The van der Waals surface area contributed by atoms with E-state index in [-0.39, 0.29) is 5.60 Å². The maximum atomic E-state index is 5.32. The van der Waals surface area contributed by atoms with Crippen molar-refractivity contribution in [2.75, 3.05) is 20.2 Å². The van der Waals surface area contributed by atoms with Crippen molar-refractivity contribution in [3.05, 3.63) is 0 Å². The lowest BCUT2D eigenvalue weighted by atomic mass is 10.0. The molecule has 2 heteroatoms. The van der Waals surface area contributed by atoms with Crippen molar-refractivity contribution in [1.82, 2.24) is 5.32 Å². The first-order chi connectivity index (χ1) is 5.62. The van der Waals surface area contributed by atoms with Crippen LogP contribution in [0.5, 0.6) is 0 Å². The molecule has 0 spiro atoms. The first-order valence-electron chi connectivity index (χ1n) is 4.88. The minimum absolute atomic E-state index is 0.0617. The topological polar surface area (TPSA) is 21.3 Å². The predicted octanol–water partition coefficient (Wildman–Crippen LogP) is 2.19. The van der Waals surface area contributed by atoms with Gasteiger partial charge in [-0.25, -0.2) is 0 Å². The zero-order valence-electron chi connectivity index (χ0n) is 8.94. The van der Waals surface area contributed by atoms with Crippen LogP contribution in [0.15, 0.2) is 0 Å². The summed E-state index contributed by atoms with van der Waals surface area (Å²) in [4.78, 5) is 0. The Kier molecular flexibility index (Phi) is 6.39. The summed E-state index contributed by atoms with van der Waals surface area (Å²) in [7, 11) is 1.78. The molecule has 0 saturated heterocycles. The molecule has 0 bridgehead atoms. The summed E-state index contributed by atoms with van der Waals surface area (Å²) in [5, 5.41) is 3.31. The molecule has 0 fully saturated rings. The molecule has 0 unspecified atom stereocenters. The highest BCUT2D eigenvalue weighted by atomic mass is 16.5. The lowest BCUT2D eigenvalue weighted by Gasteiger charge is -2.22. The molecule has 0 radical (unpaired) electrons. The Morgan fingerprint density at radius 3 is 2.42 bits per heavy atom. The van der Waals surface area contributed by atoms with Crippen LogP contribution in [0.2, 0.25) is 0 Å². The molecule has 0 aliphatic heterocycles. The van der Waals surface area contributed by atoms with Gasteiger partial charge in [-0.15, -0.1) is 0 Å². The van der Waals surface area contributed by atoms with E-state index < -0.39 is 0 Å². The van der Waals surface area contributed by atoms with Gasteiger partial charge in [0.15, 0.2) is 0 Å². The van der Waals surface area contributed by atoms with Gasteiger partial charge in [-0.1, -0.05) is 6.92 Å². The number of ether oxygens (including phenoxy) is 1. The zero-order valence-corrected chi connectivity index (χ0v) is 8.94. The van der Waals surface area contributed by atoms with Gasteiger partial charge < -0.3 is 10.1 Å². The third kappa shape index (κ3) is 6.62. The number of methoxy groups -OCH3 is 1. The molecule has 2 nitrogen and oxygen atoms in total. The van der Waals surface area contributed by atoms with Crippen LogP contribution in [0.1, 0.15) is 40.0 Å². The van der Waals surface area contributed by atoms with Gasteiger partial charge in [-0.05, 0) is 46.2 Å². The number of hydrogen-bond acceptors (Lipinski definition) is 2. The summed E-state index contributed by atoms with van der Waals surface area (Å²) in [6.45, 7) is 8.63. The molecular weight excluding hydrogens is 150 g/mol. The van der Waals surface area contributed by atoms with Crippen LogP contribution in [0.3, 0.4) is 0 Å². The molecule has 0 aromatic heterocycles. The van der Waals surface area contributed by atoms with Gasteiger partial charge in [-0.3, -0.25) is 0 Å². The van der Waals surface area contributed by atoms with E-state index in [4.69, 9.17) is 4.74 Å². The molecule has 0 saturated carbocycles. The number of hydrogen-bond donors (Lipinski definition) is 1. The minimum Gasteiger partial charge on any atom is -0.379 e. The average Bonchev–Trinajstić information content (AvgIpc) is 2.04. The smallest absolute Gasteiger partial charge is 0.0622 e. The Labute approximate surface area is 76.7 Å². The van der Waals surface area contributed by atoms with Crippen molar-refractivity contribution >= 4 is 0 Å². The van der Waals surface area contributed by atoms with E-state index in [0.29, 0.717) is 0 Å². The summed E-state index contributed by atoms with van der Waals surface area (Å²) in [6.07, 6.45) is 3.64. The molecule has 0 atom stereocenters. The van der Waals surface area contributed by atoms with Crippen LogP contribution in [-0.2, 0) is 4.74 Å². The lowest BCUT2D eigenvalue weighted by Crippen LogP contribution is -2.22. The molecule has 0 rings (SSSR count). The van der Waals surface area contributed by atoms with Crippen LogP contribution in [-0.4, -0.2) is 25.8 Å². The maximum Gasteiger partial charge on any atom is 0.0622 e. The van der Waals surface area contributed by atoms with Crippen LogP contribution in [0.25, 0.3) is 0 Å². The third-order valence-corrected chi connectivity index (χ3v) is 2.18. The van der Waals surface area contributed by atoms with Crippen molar-refractivity contribution in [2.45, 2.75) is 45.6 Å². The zero-order chi connectivity index (χ0) is 9.45. The quantitative estimate of drug-likeness (QED) is 0.596. The summed E-state index contributed by atoms with van der Waals surface area (Å²) >= 11 is 0. The molecule has 0 heterocycles. The summed E-state index contributed by atoms with van der Waals surface area (Å²) in [6, 6.07) is 0. The third-order valence-electron chi connectivity index (χ3n) is 2.18. The average molecular weight is 173 g/mol. The maximum absolute atomic E-state index is 5.32. The van der Waals surface area contributed by atoms with E-state index in [1.54, 1.807) is 7.11 Å². The summed E-state index contributed by atoms with van der Waals surface area (Å²) in [5.41, 5.74) is 0.0617. The fourth-order valence-electron chi connectivity index (χ4n) is 1.08. The molecular formula is C10H23NO. The Morgan fingerprint density at radius 2 is 1.92 bits per heavy atom. The molecule has 74 valence electrons. The van der Waals surface area contributed by atoms with Crippen LogP contribution in [0.4, 0.5) is 0 Å². The highest BCUT2D eigenvalue weighted by Crippen LogP contribution is 2.15. The molecule has 1 N–H and O–H groups in total. The van der Waals surface area contributed by atoms with E-state index in [9.17, 15) is 0 Å². The van der Waals surface area contributed by atoms with Crippen molar-refractivity contribution in [2.24, 2.45) is 0 Å². The lowest BCUT2D eigenvalue weighted by molar-refractivity contribution is 0.0135. The Balaban J connectivity index is 3.19. The highest BCUT2D eigenvalue weighted by molar-refractivity contribution is 4.67. The second kappa shape index (κ2) is 6.44. The van der Waals surface area contributed by atoms with E-state index in [0.717, 1.165) is 19.5 Å². The molecule has 0 aliphatic rings. The number of rotatable bonds is 7. The number of unbranched alkanes of at least 4 members (excludes halogenated alkanes) is 1. The number of nitrogens with one attached hydrogen (secondary N) is 1. The van der Waals surface area contributed by atoms with E-state index in [1.165, 1.54) is 12.8 Å². The minimum atomic E-state index is 0.0617. The van der Waals surface area contributed by atoms with Gasteiger partial charge in [0, 0.05) is 7.11 Å². The summed E-state index contributed by atoms with van der Waals surface area (Å²) in [5.74, 6) is 0. The second-order valence-corrected chi connectivity index (χ2v) is 3.77. The molecule has 0 aliphatic carbocycles. The normalized spacial score (nSPS) is 12.0. The van der Waals surface area contributed by atoms with E-state index in [2.05, 4.69) is 26.1 Å². The van der Waals surface area contributed by atoms with Gasteiger partial charge in [0.1, 0.15) is 0 Å². The molecule has 0 amide bonds. The van der Waals surface area contributed by atoms with E-state index in [1.807, 2.05) is 0 Å². The largest absolute Gasteiger partial charge is 0.379 e. The Morgan fingerprint density at radius 1 is 1.25 bits per heavy atom. The van der Waals surface area contributed by atoms with Crippen molar-refractivity contribution in [1.29, 1.82) is 0 Å². The monoisotopic (exact) mass is 173 g/mol. The van der Waals surface area contributed by atoms with E-state index >= 15 is 0 Å².